The van der Waals surface area contributed by atoms with E-state index in [1.165, 1.54) is 5.56 Å². The number of rotatable bonds is 5. The van der Waals surface area contributed by atoms with Crippen molar-refractivity contribution in [3.8, 4) is 0 Å². The van der Waals surface area contributed by atoms with E-state index in [-0.39, 0.29) is 5.91 Å². The molecule has 4 nitrogen and oxygen atoms in total. The zero-order valence-electron chi connectivity index (χ0n) is 10.8. The molecule has 0 bridgehead atoms. The van der Waals surface area contributed by atoms with E-state index in [1.807, 2.05) is 29.5 Å². The van der Waals surface area contributed by atoms with E-state index in [2.05, 4.69) is 16.8 Å². The predicted molar refractivity (Wildman–Crippen MR) is 80.1 cm³/mol. The van der Waals surface area contributed by atoms with Gasteiger partial charge in [-0.15, -0.1) is 0 Å². The maximum absolute atomic E-state index is 11.9. The van der Waals surface area contributed by atoms with Crippen molar-refractivity contribution in [2.45, 2.75) is 6.54 Å². The van der Waals surface area contributed by atoms with Crippen LogP contribution in [-0.4, -0.2) is 24.4 Å². The second-order valence-electron chi connectivity index (χ2n) is 4.48. The molecule has 0 saturated heterocycles. The summed E-state index contributed by atoms with van der Waals surface area (Å²) >= 11 is 1.66. The fourth-order valence-corrected chi connectivity index (χ4v) is 2.47. The summed E-state index contributed by atoms with van der Waals surface area (Å²) in [6.07, 6.45) is 0. The Hall–Kier alpha value is -1.85. The van der Waals surface area contributed by atoms with Gasteiger partial charge in [0, 0.05) is 17.9 Å². The number of nitrogens with zero attached hydrogens (tertiary/aromatic N) is 1. The topological polar surface area (TPSA) is 58.4 Å². The first-order valence-corrected chi connectivity index (χ1v) is 6.93. The van der Waals surface area contributed by atoms with Gasteiger partial charge in [-0.25, -0.2) is 0 Å². The van der Waals surface area contributed by atoms with Gasteiger partial charge in [0.25, 0.3) is 0 Å². The lowest BCUT2D eigenvalue weighted by atomic mass is 10.3. The summed E-state index contributed by atoms with van der Waals surface area (Å²) < 4.78 is 0. The van der Waals surface area contributed by atoms with Crippen LogP contribution in [0.4, 0.5) is 11.4 Å². The Morgan fingerprint density at radius 2 is 2.26 bits per heavy atom. The van der Waals surface area contributed by atoms with Gasteiger partial charge < -0.3 is 11.1 Å². The first-order chi connectivity index (χ1) is 9.13. The number of benzene rings is 1. The molecule has 0 aliphatic carbocycles. The van der Waals surface area contributed by atoms with Gasteiger partial charge in [0.15, 0.2) is 0 Å². The Morgan fingerprint density at radius 3 is 2.95 bits per heavy atom. The average molecular weight is 275 g/mol. The molecule has 1 amide bonds. The van der Waals surface area contributed by atoms with Gasteiger partial charge >= 0.3 is 0 Å². The quantitative estimate of drug-likeness (QED) is 0.824. The van der Waals surface area contributed by atoms with Gasteiger partial charge in [0.05, 0.1) is 6.54 Å². The molecule has 2 aromatic rings. The lowest BCUT2D eigenvalue weighted by Gasteiger charge is -2.15. The largest absolute Gasteiger partial charge is 0.399 e. The maximum atomic E-state index is 11.9. The van der Waals surface area contributed by atoms with Crippen LogP contribution in [0.3, 0.4) is 0 Å². The zero-order valence-corrected chi connectivity index (χ0v) is 11.6. The molecule has 19 heavy (non-hydrogen) atoms. The number of carbonyl (C=O) groups is 1. The van der Waals surface area contributed by atoms with Crippen LogP contribution in [0.5, 0.6) is 0 Å². The molecule has 3 N–H and O–H groups in total. The third-order valence-corrected chi connectivity index (χ3v) is 3.35. The fourth-order valence-electron chi connectivity index (χ4n) is 1.81. The highest BCUT2D eigenvalue weighted by Gasteiger charge is 2.07. The van der Waals surface area contributed by atoms with Crippen molar-refractivity contribution in [3.63, 3.8) is 0 Å². The number of nitrogens with one attached hydrogen (secondary N) is 1. The number of nitrogen functional groups attached to an aromatic ring is 1. The Labute approximate surface area is 116 Å². The SMILES string of the molecule is CN(CC(=O)Nc1cccc(N)c1)Cc1ccsc1. The summed E-state index contributed by atoms with van der Waals surface area (Å²) in [7, 11) is 1.93. The van der Waals surface area contributed by atoms with Crippen LogP contribution in [-0.2, 0) is 11.3 Å². The highest BCUT2D eigenvalue weighted by Crippen LogP contribution is 2.12. The van der Waals surface area contributed by atoms with Gasteiger partial charge in [0.1, 0.15) is 0 Å². The molecule has 1 aromatic heterocycles. The lowest BCUT2D eigenvalue weighted by molar-refractivity contribution is -0.117. The van der Waals surface area contributed by atoms with Crippen LogP contribution in [0.25, 0.3) is 0 Å². The van der Waals surface area contributed by atoms with Crippen molar-refractivity contribution in [3.05, 3.63) is 46.7 Å². The highest BCUT2D eigenvalue weighted by molar-refractivity contribution is 7.07. The van der Waals surface area contributed by atoms with Crippen molar-refractivity contribution >= 4 is 28.6 Å². The van der Waals surface area contributed by atoms with Crippen LogP contribution in [0.15, 0.2) is 41.1 Å². The van der Waals surface area contributed by atoms with Crippen molar-refractivity contribution in [1.82, 2.24) is 4.90 Å². The molecule has 2 rings (SSSR count). The number of anilines is 2. The van der Waals surface area contributed by atoms with Crippen molar-refractivity contribution in [1.29, 1.82) is 0 Å². The molecular formula is C14H17N3OS. The van der Waals surface area contributed by atoms with Gasteiger partial charge in [-0.05, 0) is 47.6 Å². The Morgan fingerprint density at radius 1 is 1.42 bits per heavy atom. The van der Waals surface area contributed by atoms with E-state index in [1.54, 1.807) is 23.5 Å². The number of hydrogen-bond donors (Lipinski definition) is 2. The van der Waals surface area contributed by atoms with Gasteiger partial charge in [-0.1, -0.05) is 6.07 Å². The van der Waals surface area contributed by atoms with E-state index >= 15 is 0 Å². The molecular weight excluding hydrogens is 258 g/mol. The summed E-state index contributed by atoms with van der Waals surface area (Å²) in [5.74, 6) is -0.0386. The summed E-state index contributed by atoms with van der Waals surface area (Å²) in [4.78, 5) is 13.8. The molecule has 0 aliphatic heterocycles. The fraction of sp³-hybridized carbons (Fsp3) is 0.214. The van der Waals surface area contributed by atoms with Crippen LogP contribution < -0.4 is 11.1 Å². The normalized spacial score (nSPS) is 10.6. The number of nitrogens with two attached hydrogens (primary N) is 1. The standard InChI is InChI=1S/C14H17N3OS/c1-17(8-11-5-6-19-10-11)9-14(18)16-13-4-2-3-12(15)7-13/h2-7,10H,8-9,15H2,1H3,(H,16,18). The molecule has 0 fully saturated rings. The predicted octanol–water partition coefficient (Wildman–Crippen LogP) is 2.40. The summed E-state index contributed by atoms with van der Waals surface area (Å²) in [5.41, 5.74) is 8.26. The Kier molecular flexibility index (Phi) is 4.54. The van der Waals surface area contributed by atoms with E-state index in [0.29, 0.717) is 12.2 Å². The highest BCUT2D eigenvalue weighted by atomic mass is 32.1. The average Bonchev–Trinajstić information content (AvgIpc) is 2.81. The number of carbonyl (C=O) groups excluding carboxylic acids is 1. The summed E-state index contributed by atoms with van der Waals surface area (Å²) in [6, 6.07) is 9.25. The van der Waals surface area contributed by atoms with Gasteiger partial charge in [-0.2, -0.15) is 11.3 Å². The van der Waals surface area contributed by atoms with Crippen LogP contribution in [0, 0.1) is 0 Å². The summed E-state index contributed by atoms with van der Waals surface area (Å²) in [5, 5.41) is 6.96. The molecule has 0 radical (unpaired) electrons. The van der Waals surface area contributed by atoms with Gasteiger partial charge in [-0.3, -0.25) is 9.69 Å². The number of thiophene rings is 1. The molecule has 1 aromatic carbocycles. The maximum Gasteiger partial charge on any atom is 0.238 e. The minimum Gasteiger partial charge on any atom is -0.399 e. The van der Waals surface area contributed by atoms with E-state index in [9.17, 15) is 4.79 Å². The first-order valence-electron chi connectivity index (χ1n) is 5.98. The smallest absolute Gasteiger partial charge is 0.238 e. The number of likely N-dealkylation sites (N-methyl/N-ethyl adjacent to an activating group) is 1. The molecule has 0 unspecified atom stereocenters. The minimum absolute atomic E-state index is 0.0386. The molecule has 0 spiro atoms. The summed E-state index contributed by atoms with van der Waals surface area (Å²) in [6.45, 7) is 1.12. The van der Waals surface area contributed by atoms with Crippen LogP contribution in [0.2, 0.25) is 0 Å². The van der Waals surface area contributed by atoms with Crippen molar-refractivity contribution < 1.29 is 4.79 Å². The van der Waals surface area contributed by atoms with Crippen LogP contribution in [0.1, 0.15) is 5.56 Å². The molecule has 0 aliphatic rings. The molecule has 1 heterocycles. The third-order valence-electron chi connectivity index (χ3n) is 2.62. The molecule has 5 heteroatoms. The lowest BCUT2D eigenvalue weighted by Crippen LogP contribution is -2.29. The zero-order chi connectivity index (χ0) is 13.7. The third kappa shape index (κ3) is 4.39. The first kappa shape index (κ1) is 13.6. The monoisotopic (exact) mass is 275 g/mol. The molecule has 0 saturated carbocycles. The Bertz CT molecular complexity index is 539. The second kappa shape index (κ2) is 6.36. The number of amides is 1. The van der Waals surface area contributed by atoms with Crippen molar-refractivity contribution in [2.75, 3.05) is 24.6 Å². The molecule has 100 valence electrons. The Balaban J connectivity index is 1.84. The minimum atomic E-state index is -0.0386. The molecule has 0 atom stereocenters. The van der Waals surface area contributed by atoms with Crippen molar-refractivity contribution in [2.24, 2.45) is 0 Å². The van der Waals surface area contributed by atoms with E-state index in [0.717, 1.165) is 12.2 Å². The second-order valence-corrected chi connectivity index (χ2v) is 5.26. The van der Waals surface area contributed by atoms with E-state index < -0.39 is 0 Å². The number of hydrogen-bond acceptors (Lipinski definition) is 4. The van der Waals surface area contributed by atoms with Gasteiger partial charge in [0.2, 0.25) is 5.91 Å². The van der Waals surface area contributed by atoms with E-state index in [4.69, 9.17) is 5.73 Å². The van der Waals surface area contributed by atoms with Crippen LogP contribution >= 0.6 is 11.3 Å².